The summed E-state index contributed by atoms with van der Waals surface area (Å²) >= 11 is 0. The maximum absolute atomic E-state index is 12.7. The molecule has 6 nitrogen and oxygen atoms in total. The van der Waals surface area contributed by atoms with Crippen LogP contribution < -0.4 is 4.90 Å². The number of morpholine rings is 1. The maximum Gasteiger partial charge on any atom is 0.257 e. The Bertz CT molecular complexity index is 578. The van der Waals surface area contributed by atoms with Crippen molar-refractivity contribution in [3.63, 3.8) is 0 Å². The number of fused-ring (bicyclic) bond motifs is 1. The number of anilines is 1. The smallest absolute Gasteiger partial charge is 0.257 e. The predicted molar refractivity (Wildman–Crippen MR) is 86.4 cm³/mol. The van der Waals surface area contributed by atoms with Crippen molar-refractivity contribution in [3.8, 4) is 0 Å². The molecule has 3 aliphatic rings. The van der Waals surface area contributed by atoms with Crippen molar-refractivity contribution in [2.24, 2.45) is 0 Å². The van der Waals surface area contributed by atoms with Gasteiger partial charge in [0.2, 0.25) is 5.95 Å². The summed E-state index contributed by atoms with van der Waals surface area (Å²) in [5, 5.41) is 0. The van der Waals surface area contributed by atoms with Crippen LogP contribution in [-0.2, 0) is 11.3 Å². The van der Waals surface area contributed by atoms with E-state index >= 15 is 0 Å². The molecule has 0 bridgehead atoms. The van der Waals surface area contributed by atoms with E-state index in [2.05, 4.69) is 9.88 Å². The molecular weight excluding hydrogens is 292 g/mol. The Morgan fingerprint density at radius 1 is 1.09 bits per heavy atom. The Balaban J connectivity index is 1.53. The zero-order valence-electron chi connectivity index (χ0n) is 13.5. The first-order valence-corrected chi connectivity index (χ1v) is 8.82. The number of aromatic nitrogens is 2. The van der Waals surface area contributed by atoms with E-state index < -0.39 is 0 Å². The number of carbonyl (C=O) groups is 1. The van der Waals surface area contributed by atoms with Gasteiger partial charge in [0.05, 0.1) is 31.0 Å². The number of ether oxygens (including phenoxy) is 1. The summed E-state index contributed by atoms with van der Waals surface area (Å²) in [4.78, 5) is 26.0. The Kier molecular flexibility index (Phi) is 4.16. The molecule has 23 heavy (non-hydrogen) atoms. The zero-order valence-corrected chi connectivity index (χ0v) is 13.5. The summed E-state index contributed by atoms with van der Waals surface area (Å²) in [6, 6.07) is 0.381. The van der Waals surface area contributed by atoms with Crippen LogP contribution in [0.1, 0.15) is 54.6 Å². The molecule has 6 heteroatoms. The second kappa shape index (κ2) is 6.43. The topological polar surface area (TPSA) is 58.6 Å². The van der Waals surface area contributed by atoms with E-state index in [1.54, 1.807) is 6.20 Å². The van der Waals surface area contributed by atoms with Gasteiger partial charge in [-0.05, 0) is 12.8 Å². The van der Waals surface area contributed by atoms with Crippen LogP contribution in [0.3, 0.4) is 0 Å². The number of amides is 1. The molecule has 0 radical (unpaired) electrons. The second-order valence-electron chi connectivity index (χ2n) is 6.71. The summed E-state index contributed by atoms with van der Waals surface area (Å²) in [5.41, 5.74) is 1.60. The molecule has 1 saturated heterocycles. The van der Waals surface area contributed by atoms with Crippen molar-refractivity contribution in [2.75, 3.05) is 31.2 Å². The normalized spacial score (nSPS) is 23.0. The molecule has 3 heterocycles. The van der Waals surface area contributed by atoms with Crippen LogP contribution in [0.25, 0.3) is 0 Å². The standard InChI is InChI=1S/C17H24N4O2/c22-16-14-11-18-17(20-7-9-23-10-8-20)19-15(14)12-21(16)13-5-3-1-2-4-6-13/h11,13H,1-10,12H2. The van der Waals surface area contributed by atoms with Crippen LogP contribution in [0.2, 0.25) is 0 Å². The number of carbonyl (C=O) groups excluding carboxylic acids is 1. The Morgan fingerprint density at radius 3 is 2.57 bits per heavy atom. The van der Waals surface area contributed by atoms with Crippen molar-refractivity contribution >= 4 is 11.9 Å². The highest BCUT2D eigenvalue weighted by Gasteiger charge is 2.34. The van der Waals surface area contributed by atoms with Gasteiger partial charge in [-0.25, -0.2) is 9.97 Å². The molecule has 0 atom stereocenters. The molecule has 1 aromatic heterocycles. The Hall–Kier alpha value is -1.69. The van der Waals surface area contributed by atoms with Crippen molar-refractivity contribution in [2.45, 2.75) is 51.1 Å². The van der Waals surface area contributed by atoms with Crippen LogP contribution in [0.5, 0.6) is 0 Å². The van der Waals surface area contributed by atoms with Gasteiger partial charge in [-0.2, -0.15) is 0 Å². The number of hydrogen-bond acceptors (Lipinski definition) is 5. The number of hydrogen-bond donors (Lipinski definition) is 0. The van der Waals surface area contributed by atoms with Crippen LogP contribution >= 0.6 is 0 Å². The third-order valence-electron chi connectivity index (χ3n) is 5.23. The minimum atomic E-state index is 0.125. The Morgan fingerprint density at radius 2 is 1.83 bits per heavy atom. The van der Waals surface area contributed by atoms with E-state index in [-0.39, 0.29) is 5.91 Å². The van der Waals surface area contributed by atoms with Crippen molar-refractivity contribution in [3.05, 3.63) is 17.5 Å². The lowest BCUT2D eigenvalue weighted by atomic mass is 10.1. The fraction of sp³-hybridized carbons (Fsp3) is 0.706. The van der Waals surface area contributed by atoms with Gasteiger partial charge in [0.1, 0.15) is 0 Å². The van der Waals surface area contributed by atoms with Gasteiger partial charge >= 0.3 is 0 Å². The minimum absolute atomic E-state index is 0.125. The van der Waals surface area contributed by atoms with Gasteiger partial charge < -0.3 is 14.5 Å². The lowest BCUT2D eigenvalue weighted by Gasteiger charge is -2.27. The molecule has 4 rings (SSSR count). The summed E-state index contributed by atoms with van der Waals surface area (Å²) in [6.07, 6.45) is 9.04. The fourth-order valence-electron chi connectivity index (χ4n) is 3.87. The average Bonchev–Trinajstić information content (AvgIpc) is 2.79. The fourth-order valence-corrected chi connectivity index (χ4v) is 3.87. The molecule has 0 spiro atoms. The maximum atomic E-state index is 12.7. The molecule has 2 aliphatic heterocycles. The van der Waals surface area contributed by atoms with E-state index in [4.69, 9.17) is 9.72 Å². The second-order valence-corrected chi connectivity index (χ2v) is 6.71. The third-order valence-corrected chi connectivity index (χ3v) is 5.23. The zero-order chi connectivity index (χ0) is 15.6. The van der Waals surface area contributed by atoms with Crippen molar-refractivity contribution < 1.29 is 9.53 Å². The highest BCUT2D eigenvalue weighted by Crippen LogP contribution is 2.30. The number of rotatable bonds is 2. The van der Waals surface area contributed by atoms with E-state index in [9.17, 15) is 4.79 Å². The molecule has 0 unspecified atom stereocenters. The van der Waals surface area contributed by atoms with Crippen LogP contribution in [-0.4, -0.2) is 53.1 Å². The van der Waals surface area contributed by atoms with Gasteiger partial charge in [0.25, 0.3) is 5.91 Å². The highest BCUT2D eigenvalue weighted by atomic mass is 16.5. The first-order chi connectivity index (χ1) is 11.3. The summed E-state index contributed by atoms with van der Waals surface area (Å²) < 4.78 is 5.38. The van der Waals surface area contributed by atoms with Crippen LogP contribution in [0.4, 0.5) is 5.95 Å². The molecule has 0 aromatic carbocycles. The quantitative estimate of drug-likeness (QED) is 0.781. The van der Waals surface area contributed by atoms with Crippen LogP contribution in [0, 0.1) is 0 Å². The van der Waals surface area contributed by atoms with Crippen molar-refractivity contribution in [1.82, 2.24) is 14.9 Å². The lowest BCUT2D eigenvalue weighted by molar-refractivity contribution is 0.0685. The summed E-state index contributed by atoms with van der Waals surface area (Å²) in [5.74, 6) is 0.864. The first-order valence-electron chi connectivity index (χ1n) is 8.82. The monoisotopic (exact) mass is 316 g/mol. The largest absolute Gasteiger partial charge is 0.378 e. The van der Waals surface area contributed by atoms with Gasteiger partial charge in [0.15, 0.2) is 0 Å². The predicted octanol–water partition coefficient (Wildman–Crippen LogP) is 1.99. The summed E-state index contributed by atoms with van der Waals surface area (Å²) in [7, 11) is 0. The average molecular weight is 316 g/mol. The van der Waals surface area contributed by atoms with E-state index in [1.165, 1.54) is 25.7 Å². The molecule has 124 valence electrons. The van der Waals surface area contributed by atoms with E-state index in [1.807, 2.05) is 4.90 Å². The number of nitrogens with zero attached hydrogens (tertiary/aromatic N) is 4. The summed E-state index contributed by atoms with van der Waals surface area (Å²) in [6.45, 7) is 3.72. The van der Waals surface area contributed by atoms with E-state index in [0.29, 0.717) is 31.4 Å². The molecular formula is C17H24N4O2. The lowest BCUT2D eigenvalue weighted by Crippen LogP contribution is -2.37. The van der Waals surface area contributed by atoms with E-state index in [0.717, 1.165) is 37.6 Å². The first kappa shape index (κ1) is 14.9. The molecule has 1 aliphatic carbocycles. The van der Waals surface area contributed by atoms with Crippen LogP contribution in [0.15, 0.2) is 6.20 Å². The van der Waals surface area contributed by atoms with Crippen molar-refractivity contribution in [1.29, 1.82) is 0 Å². The molecule has 1 saturated carbocycles. The van der Waals surface area contributed by atoms with Gasteiger partial charge in [-0.1, -0.05) is 25.7 Å². The SMILES string of the molecule is O=C1c2cnc(N3CCOCC3)nc2CN1C1CCCCCC1. The highest BCUT2D eigenvalue weighted by molar-refractivity contribution is 5.97. The molecule has 1 aromatic rings. The van der Waals surface area contributed by atoms with Gasteiger partial charge in [-0.15, -0.1) is 0 Å². The van der Waals surface area contributed by atoms with Gasteiger partial charge in [-0.3, -0.25) is 4.79 Å². The van der Waals surface area contributed by atoms with Gasteiger partial charge in [0, 0.05) is 25.3 Å². The molecule has 0 N–H and O–H groups in total. The Labute approximate surface area is 136 Å². The molecule has 2 fully saturated rings. The minimum Gasteiger partial charge on any atom is -0.378 e. The third kappa shape index (κ3) is 2.92. The molecule has 1 amide bonds.